The molecule has 0 spiro atoms. The molecule has 23 heavy (non-hydrogen) atoms. The van der Waals surface area contributed by atoms with Gasteiger partial charge in [-0.1, -0.05) is 12.1 Å². The molecule has 0 N–H and O–H groups in total. The summed E-state index contributed by atoms with van der Waals surface area (Å²) in [5, 5.41) is 0. The van der Waals surface area contributed by atoms with Gasteiger partial charge in [0.1, 0.15) is 11.6 Å². The number of hydrogen-bond acceptors (Lipinski definition) is 4. The molecular formula is C18H19FO4. The van der Waals surface area contributed by atoms with E-state index in [0.29, 0.717) is 30.9 Å². The first-order chi connectivity index (χ1) is 11.2. The highest BCUT2D eigenvalue weighted by atomic mass is 19.1. The quantitative estimate of drug-likeness (QED) is 0.551. The van der Waals surface area contributed by atoms with E-state index in [9.17, 15) is 9.18 Å². The van der Waals surface area contributed by atoms with Crippen molar-refractivity contribution < 1.29 is 23.4 Å². The Morgan fingerprint density at radius 2 is 1.87 bits per heavy atom. The summed E-state index contributed by atoms with van der Waals surface area (Å²) in [6.07, 6.45) is 0.556. The molecule has 0 unspecified atom stereocenters. The van der Waals surface area contributed by atoms with Gasteiger partial charge in [0.05, 0.1) is 25.4 Å². The number of halogens is 1. The fourth-order valence-electron chi connectivity index (χ4n) is 1.98. The Labute approximate surface area is 134 Å². The van der Waals surface area contributed by atoms with Crippen molar-refractivity contribution in [3.8, 4) is 5.75 Å². The minimum atomic E-state index is -0.371. The fraction of sp³-hybridized carbons (Fsp3) is 0.278. The maximum atomic E-state index is 12.7. The topological polar surface area (TPSA) is 44.8 Å². The van der Waals surface area contributed by atoms with Crippen molar-refractivity contribution in [2.75, 3.05) is 20.3 Å². The molecule has 0 aliphatic heterocycles. The van der Waals surface area contributed by atoms with E-state index in [4.69, 9.17) is 14.2 Å². The predicted octanol–water partition coefficient (Wildman–Crippen LogP) is 3.60. The second-order valence-corrected chi connectivity index (χ2v) is 4.93. The molecule has 0 saturated carbocycles. The van der Waals surface area contributed by atoms with Gasteiger partial charge in [0.2, 0.25) is 0 Å². The van der Waals surface area contributed by atoms with Crippen LogP contribution in [0.3, 0.4) is 0 Å². The molecule has 0 aromatic heterocycles. The summed E-state index contributed by atoms with van der Waals surface area (Å²) in [7, 11) is 1.60. The Morgan fingerprint density at radius 3 is 2.61 bits per heavy atom. The van der Waals surface area contributed by atoms with E-state index in [1.807, 2.05) is 6.07 Å². The van der Waals surface area contributed by atoms with Crippen LogP contribution in [0.1, 0.15) is 22.3 Å². The lowest BCUT2D eigenvalue weighted by Crippen LogP contribution is -2.09. The van der Waals surface area contributed by atoms with Crippen molar-refractivity contribution in [2.45, 2.75) is 13.0 Å². The first-order valence-corrected chi connectivity index (χ1v) is 7.32. The van der Waals surface area contributed by atoms with E-state index in [-0.39, 0.29) is 18.4 Å². The Balaban J connectivity index is 1.70. The summed E-state index contributed by atoms with van der Waals surface area (Å²) in [6, 6.07) is 12.9. The number of hydrogen-bond donors (Lipinski definition) is 0. The summed E-state index contributed by atoms with van der Waals surface area (Å²) in [4.78, 5) is 11.9. The van der Waals surface area contributed by atoms with Gasteiger partial charge in [-0.05, 0) is 42.0 Å². The number of methoxy groups -OCH3 is 1. The van der Waals surface area contributed by atoms with Crippen molar-refractivity contribution in [2.24, 2.45) is 0 Å². The maximum absolute atomic E-state index is 12.7. The van der Waals surface area contributed by atoms with Gasteiger partial charge >= 0.3 is 5.97 Å². The van der Waals surface area contributed by atoms with Crippen LogP contribution in [0.5, 0.6) is 5.75 Å². The van der Waals surface area contributed by atoms with Gasteiger partial charge in [-0.2, -0.15) is 0 Å². The van der Waals surface area contributed by atoms with Gasteiger partial charge in [-0.3, -0.25) is 0 Å². The molecule has 2 aromatic rings. The molecule has 0 aliphatic carbocycles. The normalized spacial score (nSPS) is 10.3. The van der Waals surface area contributed by atoms with Crippen LogP contribution in [0.2, 0.25) is 0 Å². The van der Waals surface area contributed by atoms with Gasteiger partial charge in [0.15, 0.2) is 0 Å². The van der Waals surface area contributed by atoms with E-state index in [1.165, 1.54) is 12.1 Å². The Bertz CT molecular complexity index is 625. The van der Waals surface area contributed by atoms with Crippen molar-refractivity contribution in [1.29, 1.82) is 0 Å². The number of carbonyl (C=O) groups is 1. The fourth-order valence-corrected chi connectivity index (χ4v) is 1.98. The molecule has 0 atom stereocenters. The smallest absolute Gasteiger partial charge is 0.338 e. The van der Waals surface area contributed by atoms with Crippen molar-refractivity contribution in [3.05, 3.63) is 65.5 Å². The maximum Gasteiger partial charge on any atom is 0.338 e. The summed E-state index contributed by atoms with van der Waals surface area (Å²) >= 11 is 0. The molecule has 4 nitrogen and oxygen atoms in total. The van der Waals surface area contributed by atoms with Crippen molar-refractivity contribution in [1.82, 2.24) is 0 Å². The van der Waals surface area contributed by atoms with Gasteiger partial charge in [0, 0.05) is 13.5 Å². The molecule has 5 heteroatoms. The molecule has 122 valence electrons. The zero-order chi connectivity index (χ0) is 16.5. The number of rotatable bonds is 8. The van der Waals surface area contributed by atoms with Crippen LogP contribution in [0, 0.1) is 5.82 Å². The largest absolute Gasteiger partial charge is 0.493 e. The van der Waals surface area contributed by atoms with Crippen LogP contribution < -0.4 is 4.74 Å². The lowest BCUT2D eigenvalue weighted by molar-refractivity contribution is 0.0485. The van der Waals surface area contributed by atoms with Gasteiger partial charge < -0.3 is 14.2 Å². The van der Waals surface area contributed by atoms with Crippen LogP contribution in [0.4, 0.5) is 4.39 Å². The molecular weight excluding hydrogens is 299 g/mol. The second kappa shape index (κ2) is 8.90. The molecule has 0 bridgehead atoms. The molecule has 0 fully saturated rings. The lowest BCUT2D eigenvalue weighted by atomic mass is 10.1. The highest BCUT2D eigenvalue weighted by Gasteiger charge is 2.07. The van der Waals surface area contributed by atoms with Gasteiger partial charge in [-0.15, -0.1) is 0 Å². The van der Waals surface area contributed by atoms with Gasteiger partial charge in [0.25, 0.3) is 0 Å². The van der Waals surface area contributed by atoms with Crippen molar-refractivity contribution in [3.63, 3.8) is 0 Å². The molecule has 0 amide bonds. The van der Waals surface area contributed by atoms with Crippen LogP contribution in [-0.4, -0.2) is 26.3 Å². The third kappa shape index (κ3) is 5.71. The average Bonchev–Trinajstić information content (AvgIpc) is 2.56. The van der Waals surface area contributed by atoms with E-state index in [1.54, 1.807) is 37.4 Å². The van der Waals surface area contributed by atoms with Gasteiger partial charge in [-0.25, -0.2) is 9.18 Å². The standard InChI is InChI=1S/C18H19FO4/c1-21-13-14-4-2-5-15(12-14)18(20)23-11-3-10-22-17-8-6-16(19)7-9-17/h2,4-9,12H,3,10-11,13H2,1H3. The molecule has 0 heterocycles. The minimum absolute atomic E-state index is 0.258. The zero-order valence-electron chi connectivity index (χ0n) is 13.0. The molecule has 0 radical (unpaired) electrons. The summed E-state index contributed by atoms with van der Waals surface area (Å²) in [5.74, 6) is -0.0864. The molecule has 2 rings (SSSR count). The Morgan fingerprint density at radius 1 is 1.09 bits per heavy atom. The monoisotopic (exact) mass is 318 g/mol. The average molecular weight is 318 g/mol. The Hall–Kier alpha value is -2.40. The number of benzene rings is 2. The Kier molecular flexibility index (Phi) is 6.56. The third-order valence-electron chi connectivity index (χ3n) is 3.08. The van der Waals surface area contributed by atoms with E-state index >= 15 is 0 Å². The number of ether oxygens (including phenoxy) is 3. The van der Waals surface area contributed by atoms with Crippen LogP contribution in [0.15, 0.2) is 48.5 Å². The first-order valence-electron chi connectivity index (χ1n) is 7.32. The third-order valence-corrected chi connectivity index (χ3v) is 3.08. The van der Waals surface area contributed by atoms with Crippen molar-refractivity contribution >= 4 is 5.97 Å². The first kappa shape index (κ1) is 17.0. The van der Waals surface area contributed by atoms with Crippen LogP contribution >= 0.6 is 0 Å². The molecule has 2 aromatic carbocycles. The molecule has 0 saturated heterocycles. The minimum Gasteiger partial charge on any atom is -0.493 e. The lowest BCUT2D eigenvalue weighted by Gasteiger charge is -2.08. The summed E-state index contributed by atoms with van der Waals surface area (Å²) in [6.45, 7) is 1.10. The van der Waals surface area contributed by atoms with E-state index < -0.39 is 0 Å². The number of carbonyl (C=O) groups excluding carboxylic acids is 1. The summed E-state index contributed by atoms with van der Waals surface area (Å²) < 4.78 is 28.4. The SMILES string of the molecule is COCc1cccc(C(=O)OCCCOc2ccc(F)cc2)c1. The zero-order valence-corrected chi connectivity index (χ0v) is 13.0. The summed E-state index contributed by atoms with van der Waals surface area (Å²) in [5.41, 5.74) is 1.42. The highest BCUT2D eigenvalue weighted by Crippen LogP contribution is 2.11. The highest BCUT2D eigenvalue weighted by molar-refractivity contribution is 5.89. The molecule has 0 aliphatic rings. The van der Waals surface area contributed by atoms with Crippen LogP contribution in [-0.2, 0) is 16.1 Å². The predicted molar refractivity (Wildman–Crippen MR) is 83.9 cm³/mol. The van der Waals surface area contributed by atoms with E-state index in [2.05, 4.69) is 0 Å². The number of esters is 1. The van der Waals surface area contributed by atoms with E-state index in [0.717, 1.165) is 5.56 Å². The second-order valence-electron chi connectivity index (χ2n) is 4.93. The van der Waals surface area contributed by atoms with Crippen LogP contribution in [0.25, 0.3) is 0 Å².